The summed E-state index contributed by atoms with van der Waals surface area (Å²) < 4.78 is 12.2. The largest absolute Gasteiger partial charge is 0.493 e. The number of halogens is 1. The van der Waals surface area contributed by atoms with Crippen LogP contribution in [0.1, 0.15) is 37.7 Å². The van der Waals surface area contributed by atoms with Gasteiger partial charge in [0.1, 0.15) is 0 Å². The Balaban J connectivity index is 2.11. The lowest BCUT2D eigenvalue weighted by Gasteiger charge is -2.39. The van der Waals surface area contributed by atoms with Gasteiger partial charge < -0.3 is 14.6 Å². The molecular formula is C15H17BrO4. The van der Waals surface area contributed by atoms with Gasteiger partial charge in [-0.05, 0) is 37.8 Å². The Morgan fingerprint density at radius 2 is 2.10 bits per heavy atom. The first-order valence-corrected chi connectivity index (χ1v) is 7.64. The van der Waals surface area contributed by atoms with Gasteiger partial charge in [-0.25, -0.2) is 0 Å². The van der Waals surface area contributed by atoms with Crippen molar-refractivity contribution in [2.24, 2.45) is 0 Å². The first kappa shape index (κ1) is 13.7. The van der Waals surface area contributed by atoms with E-state index in [2.05, 4.69) is 15.9 Å². The lowest BCUT2D eigenvalue weighted by molar-refractivity contribution is -0.147. The molecular weight excluding hydrogens is 324 g/mol. The molecule has 0 amide bonds. The molecule has 4 nitrogen and oxygen atoms in total. The fourth-order valence-electron chi connectivity index (χ4n) is 2.68. The summed E-state index contributed by atoms with van der Waals surface area (Å²) in [5.41, 5.74) is -0.0734. The number of carbonyl (C=O) groups is 1. The SMILES string of the molecule is COc1cc(Br)cc(C2(C(=O)O)CCC2)c1OC1CC1. The van der Waals surface area contributed by atoms with Gasteiger partial charge >= 0.3 is 5.97 Å². The summed E-state index contributed by atoms with van der Waals surface area (Å²) in [5, 5.41) is 9.65. The van der Waals surface area contributed by atoms with Crippen molar-refractivity contribution in [1.29, 1.82) is 0 Å². The maximum Gasteiger partial charge on any atom is 0.314 e. The van der Waals surface area contributed by atoms with Gasteiger partial charge in [0.15, 0.2) is 11.5 Å². The fraction of sp³-hybridized carbons (Fsp3) is 0.533. The minimum absolute atomic E-state index is 0.203. The molecule has 20 heavy (non-hydrogen) atoms. The Morgan fingerprint density at radius 3 is 2.55 bits per heavy atom. The van der Waals surface area contributed by atoms with Gasteiger partial charge in [-0.2, -0.15) is 0 Å². The Labute approximate surface area is 126 Å². The molecule has 0 heterocycles. The molecule has 1 N–H and O–H groups in total. The zero-order chi connectivity index (χ0) is 14.3. The van der Waals surface area contributed by atoms with Gasteiger partial charge in [-0.1, -0.05) is 22.4 Å². The van der Waals surface area contributed by atoms with Crippen molar-refractivity contribution in [3.8, 4) is 11.5 Å². The molecule has 0 radical (unpaired) electrons. The van der Waals surface area contributed by atoms with E-state index >= 15 is 0 Å². The summed E-state index contributed by atoms with van der Waals surface area (Å²) in [4.78, 5) is 11.8. The molecule has 1 aromatic rings. The molecule has 2 fully saturated rings. The Morgan fingerprint density at radius 1 is 1.40 bits per heavy atom. The van der Waals surface area contributed by atoms with Crippen LogP contribution in [-0.2, 0) is 10.2 Å². The van der Waals surface area contributed by atoms with E-state index in [1.807, 2.05) is 12.1 Å². The van der Waals surface area contributed by atoms with Gasteiger partial charge in [0.2, 0.25) is 0 Å². The number of carboxylic acids is 1. The van der Waals surface area contributed by atoms with E-state index in [0.717, 1.165) is 29.3 Å². The predicted molar refractivity (Wildman–Crippen MR) is 77.5 cm³/mol. The van der Waals surface area contributed by atoms with Crippen molar-refractivity contribution >= 4 is 21.9 Å². The van der Waals surface area contributed by atoms with Gasteiger partial charge in [-0.15, -0.1) is 0 Å². The average Bonchev–Trinajstić information content (AvgIpc) is 3.13. The van der Waals surface area contributed by atoms with Gasteiger partial charge in [-0.3, -0.25) is 4.79 Å². The number of hydrogen-bond acceptors (Lipinski definition) is 3. The first-order valence-electron chi connectivity index (χ1n) is 6.85. The minimum atomic E-state index is -0.818. The molecule has 0 bridgehead atoms. The number of hydrogen-bond donors (Lipinski definition) is 1. The van der Waals surface area contributed by atoms with E-state index in [9.17, 15) is 9.90 Å². The van der Waals surface area contributed by atoms with E-state index in [-0.39, 0.29) is 6.10 Å². The highest BCUT2D eigenvalue weighted by atomic mass is 79.9. The number of methoxy groups -OCH3 is 1. The molecule has 2 saturated carbocycles. The number of rotatable bonds is 5. The van der Waals surface area contributed by atoms with Crippen molar-refractivity contribution in [3.63, 3.8) is 0 Å². The van der Waals surface area contributed by atoms with Gasteiger partial charge in [0, 0.05) is 10.0 Å². The van der Waals surface area contributed by atoms with Crippen LogP contribution in [0, 0.1) is 0 Å². The van der Waals surface area contributed by atoms with Crippen LogP contribution in [0.25, 0.3) is 0 Å². The molecule has 108 valence electrons. The lowest BCUT2D eigenvalue weighted by Crippen LogP contribution is -2.42. The highest BCUT2D eigenvalue weighted by Crippen LogP contribution is 2.51. The van der Waals surface area contributed by atoms with Crippen molar-refractivity contribution in [1.82, 2.24) is 0 Å². The third kappa shape index (κ3) is 2.18. The fourth-order valence-corrected chi connectivity index (χ4v) is 3.12. The Bertz CT molecular complexity index is 547. The van der Waals surface area contributed by atoms with Crippen molar-refractivity contribution in [2.75, 3.05) is 7.11 Å². The molecule has 0 atom stereocenters. The summed E-state index contributed by atoms with van der Waals surface area (Å²) >= 11 is 3.44. The maximum absolute atomic E-state index is 11.8. The Kier molecular flexibility index (Phi) is 3.40. The third-order valence-electron chi connectivity index (χ3n) is 4.18. The van der Waals surface area contributed by atoms with E-state index in [4.69, 9.17) is 9.47 Å². The van der Waals surface area contributed by atoms with Crippen molar-refractivity contribution in [3.05, 3.63) is 22.2 Å². The zero-order valence-corrected chi connectivity index (χ0v) is 12.9. The number of carboxylic acid groups (broad SMARTS) is 1. The third-order valence-corrected chi connectivity index (χ3v) is 4.64. The standard InChI is InChI=1S/C15H17BrO4/c1-19-12-8-9(16)7-11(13(12)20-10-3-4-10)15(14(17)18)5-2-6-15/h7-8,10H,2-6H2,1H3,(H,17,18). The molecule has 0 spiro atoms. The zero-order valence-electron chi connectivity index (χ0n) is 11.3. The van der Waals surface area contributed by atoms with E-state index in [1.165, 1.54) is 0 Å². The summed E-state index contributed by atoms with van der Waals surface area (Å²) in [6.45, 7) is 0. The predicted octanol–water partition coefficient (Wildman–Crippen LogP) is 3.51. The number of aliphatic carboxylic acids is 1. The Hall–Kier alpha value is -1.23. The topological polar surface area (TPSA) is 55.8 Å². The van der Waals surface area contributed by atoms with Crippen LogP contribution in [0.3, 0.4) is 0 Å². The summed E-state index contributed by atoms with van der Waals surface area (Å²) in [6, 6.07) is 3.70. The van der Waals surface area contributed by atoms with Gasteiger partial charge in [0.05, 0.1) is 18.6 Å². The number of benzene rings is 1. The highest BCUT2D eigenvalue weighted by molar-refractivity contribution is 9.10. The van der Waals surface area contributed by atoms with Crippen LogP contribution in [-0.4, -0.2) is 24.3 Å². The van der Waals surface area contributed by atoms with E-state index in [1.54, 1.807) is 7.11 Å². The molecule has 0 saturated heterocycles. The monoisotopic (exact) mass is 340 g/mol. The summed E-state index contributed by atoms with van der Waals surface area (Å²) in [5.74, 6) is 0.443. The van der Waals surface area contributed by atoms with Crippen LogP contribution in [0.15, 0.2) is 16.6 Å². The number of ether oxygens (including phenoxy) is 2. The second kappa shape index (κ2) is 4.95. The van der Waals surface area contributed by atoms with E-state index in [0.29, 0.717) is 24.3 Å². The first-order chi connectivity index (χ1) is 9.56. The van der Waals surface area contributed by atoms with Crippen molar-refractivity contribution in [2.45, 2.75) is 43.6 Å². The molecule has 0 unspecified atom stereocenters. The van der Waals surface area contributed by atoms with E-state index < -0.39 is 11.4 Å². The molecule has 2 aliphatic rings. The lowest BCUT2D eigenvalue weighted by atomic mass is 9.64. The summed E-state index contributed by atoms with van der Waals surface area (Å²) in [7, 11) is 1.58. The quantitative estimate of drug-likeness (QED) is 0.891. The normalized spacial score (nSPS) is 20.1. The van der Waals surface area contributed by atoms with Crippen LogP contribution in [0.5, 0.6) is 11.5 Å². The van der Waals surface area contributed by atoms with Crippen LogP contribution in [0.2, 0.25) is 0 Å². The molecule has 0 aromatic heterocycles. The summed E-state index contributed by atoms with van der Waals surface area (Å²) in [6.07, 6.45) is 4.50. The van der Waals surface area contributed by atoms with Crippen LogP contribution >= 0.6 is 15.9 Å². The second-order valence-corrected chi connectivity index (χ2v) is 6.46. The maximum atomic E-state index is 11.8. The smallest absolute Gasteiger partial charge is 0.314 e. The van der Waals surface area contributed by atoms with Crippen LogP contribution < -0.4 is 9.47 Å². The highest BCUT2D eigenvalue weighted by Gasteiger charge is 2.49. The molecule has 2 aliphatic carbocycles. The van der Waals surface area contributed by atoms with Gasteiger partial charge in [0.25, 0.3) is 0 Å². The molecule has 1 aromatic carbocycles. The molecule has 0 aliphatic heterocycles. The van der Waals surface area contributed by atoms with Crippen LogP contribution in [0.4, 0.5) is 0 Å². The average molecular weight is 341 g/mol. The molecule has 3 rings (SSSR count). The second-order valence-electron chi connectivity index (χ2n) is 5.54. The van der Waals surface area contributed by atoms with Crippen molar-refractivity contribution < 1.29 is 19.4 Å². The molecule has 5 heteroatoms. The minimum Gasteiger partial charge on any atom is -0.493 e.